The highest BCUT2D eigenvalue weighted by atomic mass is 15.3. The Labute approximate surface area is 114 Å². The highest BCUT2D eigenvalue weighted by molar-refractivity contribution is 5.00. The third-order valence-electron chi connectivity index (χ3n) is 4.81. The van der Waals surface area contributed by atoms with Crippen LogP contribution in [0.3, 0.4) is 0 Å². The summed E-state index contributed by atoms with van der Waals surface area (Å²) in [5.41, 5.74) is 0.581. The zero-order valence-corrected chi connectivity index (χ0v) is 13.7. The third kappa shape index (κ3) is 3.69. The molecule has 0 aliphatic carbocycles. The van der Waals surface area contributed by atoms with Gasteiger partial charge in [0.1, 0.15) is 0 Å². The Hall–Kier alpha value is -0.120. The summed E-state index contributed by atoms with van der Waals surface area (Å²) in [4.78, 5) is 7.37. The standard InChI is InChI=1S/C15H33N3/c1-14(2)11-13(12-15(3,4)18(14)8)17(7)10-9-16(5)6/h13H,9-12H2,1-8H3. The molecule has 1 aliphatic rings. The van der Waals surface area contributed by atoms with Crippen molar-refractivity contribution in [2.24, 2.45) is 0 Å². The van der Waals surface area contributed by atoms with Crippen LogP contribution >= 0.6 is 0 Å². The lowest BCUT2D eigenvalue weighted by molar-refractivity contribution is -0.0429. The second kappa shape index (κ2) is 5.48. The second-order valence-corrected chi connectivity index (χ2v) is 7.53. The van der Waals surface area contributed by atoms with E-state index in [0.29, 0.717) is 17.1 Å². The molecule has 0 amide bonds. The number of nitrogens with zero attached hydrogens (tertiary/aromatic N) is 3. The normalized spacial score (nSPS) is 25.0. The number of likely N-dealkylation sites (tertiary alicyclic amines) is 1. The number of hydrogen-bond acceptors (Lipinski definition) is 3. The molecule has 108 valence electrons. The van der Waals surface area contributed by atoms with Gasteiger partial charge < -0.3 is 9.80 Å². The summed E-state index contributed by atoms with van der Waals surface area (Å²) in [7, 11) is 8.86. The van der Waals surface area contributed by atoms with Crippen LogP contribution in [0.2, 0.25) is 0 Å². The topological polar surface area (TPSA) is 9.72 Å². The summed E-state index contributed by atoms with van der Waals surface area (Å²) >= 11 is 0. The van der Waals surface area contributed by atoms with Gasteiger partial charge in [0.05, 0.1) is 0 Å². The van der Waals surface area contributed by atoms with E-state index in [9.17, 15) is 0 Å². The Kier molecular flexibility index (Phi) is 4.85. The zero-order chi connectivity index (χ0) is 14.1. The Morgan fingerprint density at radius 1 is 0.944 bits per heavy atom. The van der Waals surface area contributed by atoms with Crippen LogP contribution in [0.4, 0.5) is 0 Å². The molecule has 1 saturated heterocycles. The molecule has 0 saturated carbocycles. The lowest BCUT2D eigenvalue weighted by Crippen LogP contribution is -2.62. The van der Waals surface area contributed by atoms with Gasteiger partial charge in [0.2, 0.25) is 0 Å². The molecule has 1 rings (SSSR count). The largest absolute Gasteiger partial charge is 0.308 e. The lowest BCUT2D eigenvalue weighted by atomic mass is 9.77. The van der Waals surface area contributed by atoms with E-state index < -0.39 is 0 Å². The zero-order valence-electron chi connectivity index (χ0n) is 13.7. The van der Waals surface area contributed by atoms with Crippen LogP contribution in [0.1, 0.15) is 40.5 Å². The van der Waals surface area contributed by atoms with E-state index in [1.807, 2.05) is 0 Å². The van der Waals surface area contributed by atoms with Gasteiger partial charge in [-0.1, -0.05) is 0 Å². The van der Waals surface area contributed by atoms with Crippen molar-refractivity contribution in [2.45, 2.75) is 57.7 Å². The highest BCUT2D eigenvalue weighted by Crippen LogP contribution is 2.38. The van der Waals surface area contributed by atoms with Gasteiger partial charge in [0, 0.05) is 30.2 Å². The van der Waals surface area contributed by atoms with Gasteiger partial charge in [0.25, 0.3) is 0 Å². The Balaban J connectivity index is 2.68. The molecular formula is C15H33N3. The van der Waals surface area contributed by atoms with Crippen molar-refractivity contribution >= 4 is 0 Å². The maximum absolute atomic E-state index is 2.55. The van der Waals surface area contributed by atoms with Gasteiger partial charge >= 0.3 is 0 Å². The van der Waals surface area contributed by atoms with E-state index in [2.05, 4.69) is 70.6 Å². The van der Waals surface area contributed by atoms with E-state index in [1.165, 1.54) is 12.8 Å². The Morgan fingerprint density at radius 2 is 1.39 bits per heavy atom. The molecule has 1 aliphatic heterocycles. The second-order valence-electron chi connectivity index (χ2n) is 7.53. The number of piperidine rings is 1. The van der Waals surface area contributed by atoms with Crippen LogP contribution in [-0.4, -0.2) is 73.1 Å². The van der Waals surface area contributed by atoms with Crippen LogP contribution in [0.25, 0.3) is 0 Å². The minimum absolute atomic E-state index is 0.290. The van der Waals surface area contributed by atoms with Gasteiger partial charge in [-0.25, -0.2) is 0 Å². The van der Waals surface area contributed by atoms with Gasteiger partial charge in [-0.05, 0) is 68.7 Å². The average Bonchev–Trinajstić information content (AvgIpc) is 2.21. The van der Waals surface area contributed by atoms with Crippen LogP contribution in [0, 0.1) is 0 Å². The maximum Gasteiger partial charge on any atom is 0.0170 e. The number of rotatable bonds is 4. The molecule has 1 heterocycles. The molecule has 18 heavy (non-hydrogen) atoms. The molecular weight excluding hydrogens is 222 g/mol. The fourth-order valence-electron chi connectivity index (χ4n) is 3.17. The highest BCUT2D eigenvalue weighted by Gasteiger charge is 2.43. The van der Waals surface area contributed by atoms with E-state index in [-0.39, 0.29) is 0 Å². The van der Waals surface area contributed by atoms with Crippen molar-refractivity contribution in [2.75, 3.05) is 41.3 Å². The third-order valence-corrected chi connectivity index (χ3v) is 4.81. The summed E-state index contributed by atoms with van der Waals surface area (Å²) in [6.07, 6.45) is 2.52. The molecule has 0 unspecified atom stereocenters. The Morgan fingerprint density at radius 3 is 1.78 bits per heavy atom. The van der Waals surface area contributed by atoms with Crippen LogP contribution in [0.5, 0.6) is 0 Å². The first-order chi connectivity index (χ1) is 8.06. The van der Waals surface area contributed by atoms with E-state index in [0.717, 1.165) is 13.1 Å². The fraction of sp³-hybridized carbons (Fsp3) is 1.00. The smallest absolute Gasteiger partial charge is 0.0170 e. The minimum atomic E-state index is 0.290. The molecule has 3 nitrogen and oxygen atoms in total. The maximum atomic E-state index is 2.55. The predicted octanol–water partition coefficient (Wildman–Crippen LogP) is 2.13. The molecule has 0 spiro atoms. The minimum Gasteiger partial charge on any atom is -0.308 e. The first-order valence-corrected chi connectivity index (χ1v) is 7.15. The fourth-order valence-corrected chi connectivity index (χ4v) is 3.17. The van der Waals surface area contributed by atoms with Gasteiger partial charge in [-0.15, -0.1) is 0 Å². The average molecular weight is 255 g/mol. The molecule has 0 atom stereocenters. The van der Waals surface area contributed by atoms with Crippen molar-refractivity contribution < 1.29 is 0 Å². The Bertz CT molecular complexity index is 253. The van der Waals surface area contributed by atoms with Crippen LogP contribution in [-0.2, 0) is 0 Å². The van der Waals surface area contributed by atoms with E-state index >= 15 is 0 Å². The van der Waals surface area contributed by atoms with Gasteiger partial charge in [-0.2, -0.15) is 0 Å². The molecule has 0 aromatic carbocycles. The summed E-state index contributed by atoms with van der Waals surface area (Å²) in [5, 5.41) is 0. The van der Waals surface area contributed by atoms with Crippen LogP contribution in [0.15, 0.2) is 0 Å². The first-order valence-electron chi connectivity index (χ1n) is 7.15. The summed E-state index contributed by atoms with van der Waals surface area (Å²) in [6.45, 7) is 11.8. The molecule has 0 aromatic heterocycles. The SMILES string of the molecule is CN(C)CCN(C)C1CC(C)(C)N(C)C(C)(C)C1. The van der Waals surface area contributed by atoms with Crippen molar-refractivity contribution in [1.29, 1.82) is 0 Å². The van der Waals surface area contributed by atoms with Crippen molar-refractivity contribution in [3.63, 3.8) is 0 Å². The summed E-state index contributed by atoms with van der Waals surface area (Å²) < 4.78 is 0. The monoisotopic (exact) mass is 255 g/mol. The van der Waals surface area contributed by atoms with E-state index in [4.69, 9.17) is 0 Å². The lowest BCUT2D eigenvalue weighted by Gasteiger charge is -2.55. The summed E-state index contributed by atoms with van der Waals surface area (Å²) in [5.74, 6) is 0. The molecule has 1 fully saturated rings. The molecule has 0 radical (unpaired) electrons. The van der Waals surface area contributed by atoms with Crippen molar-refractivity contribution in [3.8, 4) is 0 Å². The number of likely N-dealkylation sites (N-methyl/N-ethyl adjacent to an activating group) is 2. The molecule has 3 heteroatoms. The van der Waals surface area contributed by atoms with Crippen molar-refractivity contribution in [1.82, 2.24) is 14.7 Å². The predicted molar refractivity (Wildman–Crippen MR) is 80.1 cm³/mol. The number of hydrogen-bond donors (Lipinski definition) is 0. The van der Waals surface area contributed by atoms with E-state index in [1.54, 1.807) is 0 Å². The molecule has 0 N–H and O–H groups in total. The quantitative estimate of drug-likeness (QED) is 0.762. The summed E-state index contributed by atoms with van der Waals surface area (Å²) in [6, 6.07) is 0.700. The van der Waals surface area contributed by atoms with Crippen LogP contribution < -0.4 is 0 Å². The van der Waals surface area contributed by atoms with Crippen molar-refractivity contribution in [3.05, 3.63) is 0 Å². The molecule has 0 bridgehead atoms. The first kappa shape index (κ1) is 15.9. The van der Waals surface area contributed by atoms with Gasteiger partial charge in [-0.3, -0.25) is 4.90 Å². The molecule has 0 aromatic rings. The van der Waals surface area contributed by atoms with Gasteiger partial charge in [0.15, 0.2) is 0 Å².